The van der Waals surface area contributed by atoms with Gasteiger partial charge >= 0.3 is 0 Å². The van der Waals surface area contributed by atoms with Crippen LogP contribution in [0.2, 0.25) is 0 Å². The normalized spacial score (nSPS) is 19.7. The Bertz CT molecular complexity index is 1980. The van der Waals surface area contributed by atoms with Crippen molar-refractivity contribution in [2.75, 3.05) is 6.61 Å². The zero-order valence-electron chi connectivity index (χ0n) is 29.8. The SMILES string of the molecule is O=Cc1ccc(-n2cc(CO[C@@H]3O[C@H](COCc4ccccc4)[C@@H](OCc4ccccc4)[C@H](OCc4ccccc4)[C@H]3OCc3ccccc3)nn2)cc1. The van der Waals surface area contributed by atoms with Crippen molar-refractivity contribution >= 4 is 6.29 Å². The molecule has 0 spiro atoms. The van der Waals surface area contributed by atoms with E-state index in [4.69, 9.17) is 28.4 Å². The summed E-state index contributed by atoms with van der Waals surface area (Å²) in [5.74, 6) is 0. The van der Waals surface area contributed by atoms with Crippen molar-refractivity contribution in [2.24, 2.45) is 0 Å². The van der Waals surface area contributed by atoms with Crippen LogP contribution < -0.4 is 0 Å². The van der Waals surface area contributed by atoms with E-state index >= 15 is 0 Å². The van der Waals surface area contributed by atoms with Crippen molar-refractivity contribution in [3.8, 4) is 5.69 Å². The highest BCUT2D eigenvalue weighted by Gasteiger charge is 2.49. The summed E-state index contributed by atoms with van der Waals surface area (Å²) in [4.78, 5) is 11.2. The lowest BCUT2D eigenvalue weighted by atomic mass is 9.97. The van der Waals surface area contributed by atoms with Gasteiger partial charge in [0.05, 0.1) is 51.5 Å². The predicted octanol–water partition coefficient (Wildman–Crippen LogP) is 7.29. The fraction of sp³-hybridized carbons (Fsp3) is 0.250. The van der Waals surface area contributed by atoms with Gasteiger partial charge in [-0.25, -0.2) is 4.68 Å². The number of hydrogen-bond donors (Lipinski definition) is 0. The fourth-order valence-corrected chi connectivity index (χ4v) is 6.25. The molecular formula is C44H43N3O7. The number of ether oxygens (including phenoxy) is 6. The Hall–Kier alpha value is -5.33. The van der Waals surface area contributed by atoms with Crippen molar-refractivity contribution in [3.05, 3.63) is 185 Å². The molecule has 10 heteroatoms. The Morgan fingerprint density at radius 3 is 1.59 bits per heavy atom. The van der Waals surface area contributed by atoms with Crippen molar-refractivity contribution < 1.29 is 33.2 Å². The third-order valence-corrected chi connectivity index (χ3v) is 9.07. The van der Waals surface area contributed by atoms with Crippen molar-refractivity contribution in [1.82, 2.24) is 15.0 Å². The van der Waals surface area contributed by atoms with Gasteiger partial charge in [0.2, 0.25) is 0 Å². The average Bonchev–Trinajstić information content (AvgIpc) is 3.72. The molecule has 6 aromatic rings. The van der Waals surface area contributed by atoms with Crippen LogP contribution in [0.3, 0.4) is 0 Å². The first kappa shape index (κ1) is 37.0. The molecule has 2 heterocycles. The molecule has 5 atom stereocenters. The Labute approximate surface area is 315 Å². The van der Waals surface area contributed by atoms with Crippen LogP contribution in [0.25, 0.3) is 5.69 Å². The molecule has 54 heavy (non-hydrogen) atoms. The molecule has 0 amide bonds. The van der Waals surface area contributed by atoms with E-state index in [1.54, 1.807) is 23.0 Å². The number of carbonyl (C=O) groups excluding carboxylic acids is 1. The van der Waals surface area contributed by atoms with Gasteiger partial charge in [0, 0.05) is 5.56 Å². The minimum Gasteiger partial charge on any atom is -0.374 e. The van der Waals surface area contributed by atoms with Crippen molar-refractivity contribution in [2.45, 2.75) is 63.7 Å². The van der Waals surface area contributed by atoms with Crippen LogP contribution in [0.15, 0.2) is 152 Å². The van der Waals surface area contributed by atoms with Crippen molar-refractivity contribution in [3.63, 3.8) is 0 Å². The number of nitrogens with zero attached hydrogens (tertiary/aromatic N) is 3. The molecule has 0 N–H and O–H groups in total. The lowest BCUT2D eigenvalue weighted by Gasteiger charge is -2.45. The Kier molecular flexibility index (Phi) is 13.1. The molecule has 1 aromatic heterocycles. The van der Waals surface area contributed by atoms with Crippen LogP contribution in [0.4, 0.5) is 0 Å². The van der Waals surface area contributed by atoms with Gasteiger partial charge in [0.1, 0.15) is 36.4 Å². The van der Waals surface area contributed by atoms with E-state index in [9.17, 15) is 4.79 Å². The second-order valence-electron chi connectivity index (χ2n) is 13.0. The van der Waals surface area contributed by atoms with Crippen LogP contribution in [-0.4, -0.2) is 58.6 Å². The summed E-state index contributed by atoms with van der Waals surface area (Å²) in [7, 11) is 0. The van der Waals surface area contributed by atoms with Crippen LogP contribution in [0.5, 0.6) is 0 Å². The summed E-state index contributed by atoms with van der Waals surface area (Å²) in [5, 5.41) is 8.64. The summed E-state index contributed by atoms with van der Waals surface area (Å²) in [6, 6.07) is 47.1. The van der Waals surface area contributed by atoms with Crippen LogP contribution in [-0.2, 0) is 61.5 Å². The number of benzene rings is 5. The molecular weight excluding hydrogens is 682 g/mol. The molecule has 1 fully saturated rings. The summed E-state index contributed by atoms with van der Waals surface area (Å²) >= 11 is 0. The topological polar surface area (TPSA) is 103 Å². The maximum atomic E-state index is 11.2. The Balaban J connectivity index is 1.17. The van der Waals surface area contributed by atoms with E-state index in [1.165, 1.54) is 0 Å². The van der Waals surface area contributed by atoms with E-state index in [2.05, 4.69) is 10.3 Å². The maximum Gasteiger partial charge on any atom is 0.187 e. The molecule has 0 aliphatic carbocycles. The molecule has 7 rings (SSSR count). The molecule has 0 unspecified atom stereocenters. The van der Waals surface area contributed by atoms with Gasteiger partial charge in [-0.1, -0.05) is 127 Å². The number of rotatable bonds is 18. The highest BCUT2D eigenvalue weighted by molar-refractivity contribution is 5.75. The maximum absolute atomic E-state index is 11.2. The van der Waals surface area contributed by atoms with Gasteiger partial charge in [-0.3, -0.25) is 4.79 Å². The molecule has 5 aromatic carbocycles. The highest BCUT2D eigenvalue weighted by atomic mass is 16.7. The number of aldehydes is 1. The average molecular weight is 726 g/mol. The van der Waals surface area contributed by atoms with Gasteiger partial charge in [-0.15, -0.1) is 5.10 Å². The van der Waals surface area contributed by atoms with Crippen molar-refractivity contribution in [1.29, 1.82) is 0 Å². The second-order valence-corrected chi connectivity index (χ2v) is 13.0. The largest absolute Gasteiger partial charge is 0.374 e. The predicted molar refractivity (Wildman–Crippen MR) is 201 cm³/mol. The molecule has 1 aliphatic rings. The molecule has 1 saturated heterocycles. The highest BCUT2D eigenvalue weighted by Crippen LogP contribution is 2.32. The van der Waals surface area contributed by atoms with Gasteiger partial charge in [0.15, 0.2) is 6.29 Å². The first-order chi connectivity index (χ1) is 26.7. The molecule has 10 nitrogen and oxygen atoms in total. The summed E-state index contributed by atoms with van der Waals surface area (Å²) in [6.07, 6.45) is -0.770. The van der Waals surface area contributed by atoms with Gasteiger partial charge in [-0.05, 0) is 46.5 Å². The lowest BCUT2D eigenvalue weighted by molar-refractivity contribution is -0.331. The fourth-order valence-electron chi connectivity index (χ4n) is 6.25. The lowest BCUT2D eigenvalue weighted by Crippen LogP contribution is -2.61. The minimum absolute atomic E-state index is 0.0841. The molecule has 0 radical (unpaired) electrons. The van der Waals surface area contributed by atoms with E-state index in [0.29, 0.717) is 37.7 Å². The van der Waals surface area contributed by atoms with E-state index in [1.807, 2.05) is 133 Å². The summed E-state index contributed by atoms with van der Waals surface area (Å²) < 4.78 is 41.5. The zero-order valence-corrected chi connectivity index (χ0v) is 29.8. The smallest absolute Gasteiger partial charge is 0.187 e. The standard InChI is InChI=1S/C44H43N3O7/c48-26-33-21-23-39(24-22-33)47-25-38(45-46-47)31-53-44-43(52-30-37-19-11-4-12-20-37)42(51-29-36-17-9-3-10-18-36)41(50-28-35-15-7-2-8-16-35)40(54-44)32-49-27-34-13-5-1-6-14-34/h1-26,40-44H,27-32H2/t40-,41-,42+,43-,44-/m1/s1. The summed E-state index contributed by atoms with van der Waals surface area (Å²) in [5.41, 5.74) is 6.01. The van der Waals surface area contributed by atoms with E-state index in [-0.39, 0.29) is 13.2 Å². The monoisotopic (exact) mass is 725 g/mol. The minimum atomic E-state index is -0.881. The quantitative estimate of drug-likeness (QED) is 0.0846. The van der Waals surface area contributed by atoms with Gasteiger partial charge in [0.25, 0.3) is 0 Å². The van der Waals surface area contributed by atoms with Gasteiger partial charge < -0.3 is 28.4 Å². The molecule has 0 saturated carbocycles. The molecule has 276 valence electrons. The first-order valence-electron chi connectivity index (χ1n) is 18.0. The van der Waals surface area contributed by atoms with Crippen LogP contribution >= 0.6 is 0 Å². The molecule has 1 aliphatic heterocycles. The third kappa shape index (κ3) is 10.2. The van der Waals surface area contributed by atoms with Crippen LogP contribution in [0, 0.1) is 0 Å². The Morgan fingerprint density at radius 2 is 1.06 bits per heavy atom. The second kappa shape index (κ2) is 19.1. The van der Waals surface area contributed by atoms with E-state index in [0.717, 1.165) is 34.2 Å². The molecule has 0 bridgehead atoms. The summed E-state index contributed by atoms with van der Waals surface area (Å²) in [6.45, 7) is 1.66. The first-order valence-corrected chi connectivity index (χ1v) is 18.0. The number of hydrogen-bond acceptors (Lipinski definition) is 9. The Morgan fingerprint density at radius 1 is 0.556 bits per heavy atom. The van der Waals surface area contributed by atoms with E-state index < -0.39 is 30.7 Å². The third-order valence-electron chi connectivity index (χ3n) is 9.07. The van der Waals surface area contributed by atoms with Gasteiger partial charge in [-0.2, -0.15) is 0 Å². The zero-order chi connectivity index (χ0) is 36.8. The van der Waals surface area contributed by atoms with Crippen LogP contribution in [0.1, 0.15) is 38.3 Å². The number of carbonyl (C=O) groups is 1. The number of aromatic nitrogens is 3.